The predicted molar refractivity (Wildman–Crippen MR) is 121 cm³/mol. The summed E-state index contributed by atoms with van der Waals surface area (Å²) in [7, 11) is 0. The Hall–Kier alpha value is -2.61. The van der Waals surface area contributed by atoms with Crippen molar-refractivity contribution >= 4 is 29.1 Å². The summed E-state index contributed by atoms with van der Waals surface area (Å²) >= 11 is 5.55. The molecule has 1 fully saturated rings. The number of anilines is 1. The van der Waals surface area contributed by atoms with Gasteiger partial charge in [0, 0.05) is 44.3 Å². The van der Waals surface area contributed by atoms with Crippen LogP contribution in [-0.2, 0) is 9.59 Å². The molecule has 0 spiro atoms. The van der Waals surface area contributed by atoms with Gasteiger partial charge in [-0.25, -0.2) is 0 Å². The minimum atomic E-state index is -1.80. The molecule has 1 saturated heterocycles. The van der Waals surface area contributed by atoms with Crippen molar-refractivity contribution in [3.05, 3.63) is 54.6 Å². The number of carbonyl (C=O) groups is 2. The van der Waals surface area contributed by atoms with E-state index >= 15 is 0 Å². The van der Waals surface area contributed by atoms with E-state index in [2.05, 4.69) is 34.5 Å². The number of hydrogen-bond acceptors (Lipinski definition) is 5. The molecule has 2 atom stereocenters. The molecule has 8 heteroatoms. The second-order valence-electron chi connectivity index (χ2n) is 7.45. The van der Waals surface area contributed by atoms with Gasteiger partial charge in [0.1, 0.15) is 0 Å². The van der Waals surface area contributed by atoms with E-state index < -0.39 is 24.0 Å². The van der Waals surface area contributed by atoms with E-state index in [0.717, 1.165) is 16.8 Å². The maximum atomic E-state index is 12.6. The maximum Gasteiger partial charge on any atom is 0.254 e. The standard InChI is InChI=1S/C23H28ClN3O4/c24-10-5-11-25-22(30)20(28)21(29)23(31)27-14-12-26(13-15-27)19-9-4-8-18(16-19)17-6-2-1-3-7-17/h1-4,6-9,16,20-21,28-29H,5,10-15H2,(H,25,30)/t20?,21-/m1/s1. The van der Waals surface area contributed by atoms with E-state index in [1.165, 1.54) is 4.90 Å². The van der Waals surface area contributed by atoms with E-state index in [9.17, 15) is 19.8 Å². The second kappa shape index (κ2) is 11.1. The zero-order valence-electron chi connectivity index (χ0n) is 17.3. The zero-order valence-corrected chi connectivity index (χ0v) is 18.0. The van der Waals surface area contributed by atoms with Crippen molar-refractivity contribution in [3.63, 3.8) is 0 Å². The van der Waals surface area contributed by atoms with Crippen molar-refractivity contribution in [3.8, 4) is 11.1 Å². The molecule has 1 heterocycles. The molecule has 31 heavy (non-hydrogen) atoms. The number of piperazine rings is 1. The Morgan fingerprint density at radius 2 is 1.61 bits per heavy atom. The molecule has 166 valence electrons. The molecule has 1 aliphatic heterocycles. The molecule has 0 radical (unpaired) electrons. The number of nitrogens with zero attached hydrogens (tertiary/aromatic N) is 2. The highest BCUT2D eigenvalue weighted by molar-refractivity contribution is 6.17. The quantitative estimate of drug-likeness (QED) is 0.422. The highest BCUT2D eigenvalue weighted by atomic mass is 35.5. The van der Waals surface area contributed by atoms with E-state index in [1.807, 2.05) is 30.3 Å². The average Bonchev–Trinajstić information content (AvgIpc) is 2.83. The molecule has 1 aliphatic rings. The van der Waals surface area contributed by atoms with Crippen LogP contribution in [0.1, 0.15) is 6.42 Å². The van der Waals surface area contributed by atoms with Gasteiger partial charge in [0.2, 0.25) is 0 Å². The summed E-state index contributed by atoms with van der Waals surface area (Å²) in [6, 6.07) is 18.4. The lowest BCUT2D eigenvalue weighted by molar-refractivity contribution is -0.153. The third kappa shape index (κ3) is 5.97. The van der Waals surface area contributed by atoms with Gasteiger partial charge in [0.05, 0.1) is 0 Å². The van der Waals surface area contributed by atoms with Crippen molar-refractivity contribution in [2.24, 2.45) is 0 Å². The largest absolute Gasteiger partial charge is 0.380 e. The number of aliphatic hydroxyl groups is 2. The number of hydrogen-bond donors (Lipinski definition) is 3. The molecular weight excluding hydrogens is 418 g/mol. The fourth-order valence-electron chi connectivity index (χ4n) is 3.55. The topological polar surface area (TPSA) is 93.1 Å². The Bertz CT molecular complexity index is 872. The summed E-state index contributed by atoms with van der Waals surface area (Å²) < 4.78 is 0. The number of carbonyl (C=O) groups excluding carboxylic acids is 2. The molecule has 2 aromatic carbocycles. The summed E-state index contributed by atoms with van der Waals surface area (Å²) in [4.78, 5) is 28.1. The number of benzene rings is 2. The molecule has 0 bridgehead atoms. The number of rotatable bonds is 8. The summed E-state index contributed by atoms with van der Waals surface area (Å²) in [5.74, 6) is -1.05. The monoisotopic (exact) mass is 445 g/mol. The Morgan fingerprint density at radius 3 is 2.29 bits per heavy atom. The van der Waals surface area contributed by atoms with Gasteiger partial charge in [-0.05, 0) is 29.7 Å². The number of amides is 2. The van der Waals surface area contributed by atoms with E-state index in [4.69, 9.17) is 11.6 Å². The van der Waals surface area contributed by atoms with Crippen LogP contribution in [-0.4, -0.2) is 77.7 Å². The minimum Gasteiger partial charge on any atom is -0.380 e. The number of nitrogens with one attached hydrogen (secondary N) is 1. The van der Waals surface area contributed by atoms with Gasteiger partial charge in [-0.1, -0.05) is 42.5 Å². The van der Waals surface area contributed by atoms with Gasteiger partial charge in [-0.15, -0.1) is 11.6 Å². The van der Waals surface area contributed by atoms with Crippen LogP contribution in [0.4, 0.5) is 5.69 Å². The SMILES string of the molecule is O=C(NCCCCl)C(O)[C@@H](O)C(=O)N1CCN(c2cccc(-c3ccccc3)c2)CC1. The third-order valence-electron chi connectivity index (χ3n) is 5.34. The van der Waals surface area contributed by atoms with Gasteiger partial charge >= 0.3 is 0 Å². The van der Waals surface area contributed by atoms with Crippen LogP contribution >= 0.6 is 11.6 Å². The van der Waals surface area contributed by atoms with Crippen molar-refractivity contribution < 1.29 is 19.8 Å². The molecule has 0 saturated carbocycles. The van der Waals surface area contributed by atoms with Gasteiger partial charge in [-0.2, -0.15) is 0 Å². The Morgan fingerprint density at radius 1 is 0.935 bits per heavy atom. The minimum absolute atomic E-state index is 0.279. The van der Waals surface area contributed by atoms with Gasteiger partial charge in [-0.3, -0.25) is 9.59 Å². The van der Waals surface area contributed by atoms with Crippen molar-refractivity contribution in [1.82, 2.24) is 10.2 Å². The van der Waals surface area contributed by atoms with Crippen LogP contribution in [0.15, 0.2) is 54.6 Å². The van der Waals surface area contributed by atoms with Crippen molar-refractivity contribution in [2.75, 3.05) is 43.5 Å². The molecule has 0 aliphatic carbocycles. The number of aliphatic hydroxyl groups excluding tert-OH is 2. The first kappa shape index (κ1) is 23.1. The lowest BCUT2D eigenvalue weighted by Crippen LogP contribution is -2.55. The second-order valence-corrected chi connectivity index (χ2v) is 7.83. The first-order valence-electron chi connectivity index (χ1n) is 10.4. The van der Waals surface area contributed by atoms with Crippen LogP contribution < -0.4 is 10.2 Å². The Balaban J connectivity index is 1.55. The van der Waals surface area contributed by atoms with Crippen LogP contribution in [0.2, 0.25) is 0 Å². The van der Waals surface area contributed by atoms with Crippen molar-refractivity contribution in [1.29, 1.82) is 0 Å². The first-order chi connectivity index (χ1) is 15.0. The summed E-state index contributed by atoms with van der Waals surface area (Å²) in [5, 5.41) is 22.6. The van der Waals surface area contributed by atoms with E-state index in [0.29, 0.717) is 38.5 Å². The van der Waals surface area contributed by atoms with Gasteiger partial charge in [0.25, 0.3) is 11.8 Å². The van der Waals surface area contributed by atoms with E-state index in [1.54, 1.807) is 0 Å². The summed E-state index contributed by atoms with van der Waals surface area (Å²) in [5.41, 5.74) is 3.32. The highest BCUT2D eigenvalue weighted by Gasteiger charge is 2.34. The van der Waals surface area contributed by atoms with Crippen molar-refractivity contribution in [2.45, 2.75) is 18.6 Å². The smallest absolute Gasteiger partial charge is 0.254 e. The molecule has 7 nitrogen and oxygen atoms in total. The average molecular weight is 446 g/mol. The lowest BCUT2D eigenvalue weighted by atomic mass is 10.0. The summed E-state index contributed by atoms with van der Waals surface area (Å²) in [6.45, 7) is 2.25. The molecular formula is C23H28ClN3O4. The van der Waals surface area contributed by atoms with Gasteiger partial charge in [0.15, 0.2) is 12.2 Å². The third-order valence-corrected chi connectivity index (χ3v) is 5.61. The van der Waals surface area contributed by atoms with Gasteiger partial charge < -0.3 is 25.3 Å². The molecule has 2 amide bonds. The van der Waals surface area contributed by atoms with Crippen LogP contribution in [0.3, 0.4) is 0 Å². The first-order valence-corrected chi connectivity index (χ1v) is 10.9. The molecule has 3 N–H and O–H groups in total. The fourth-order valence-corrected chi connectivity index (χ4v) is 3.68. The Kier molecular flexibility index (Phi) is 8.28. The summed E-state index contributed by atoms with van der Waals surface area (Å²) in [6.07, 6.45) is -3.05. The number of alkyl halides is 1. The predicted octanol–water partition coefficient (Wildman–Crippen LogP) is 1.47. The highest BCUT2D eigenvalue weighted by Crippen LogP contribution is 2.25. The maximum absolute atomic E-state index is 12.6. The lowest BCUT2D eigenvalue weighted by Gasteiger charge is -2.37. The molecule has 3 rings (SSSR count). The van der Waals surface area contributed by atoms with Crippen LogP contribution in [0, 0.1) is 0 Å². The Labute approximate surface area is 187 Å². The van der Waals surface area contributed by atoms with E-state index in [-0.39, 0.29) is 6.54 Å². The normalized spacial score (nSPS) is 16.0. The molecule has 0 aromatic heterocycles. The molecule has 1 unspecified atom stereocenters. The molecule has 2 aromatic rings. The fraction of sp³-hybridized carbons (Fsp3) is 0.391. The zero-order chi connectivity index (χ0) is 22.2. The number of halogens is 1. The van der Waals surface area contributed by atoms with Crippen LogP contribution in [0.5, 0.6) is 0 Å². The van der Waals surface area contributed by atoms with Crippen LogP contribution in [0.25, 0.3) is 11.1 Å².